The first-order valence-electron chi connectivity index (χ1n) is 13.5. The van der Waals surface area contributed by atoms with Gasteiger partial charge in [-0.05, 0) is 59.8 Å². The van der Waals surface area contributed by atoms with Crippen molar-refractivity contribution < 1.29 is 24.2 Å². The standard InChI is InChI=1S/C28H42N2O5S/c1-26(2,3)30-17-13-15-28-20(21-25(34)35-19-12-8-5-9-14-27(21,4)36-28)23(32)29(22(28)24(30)33)16-10-6-7-11-18-31/h9,13-15,20-22,31H,5-8,10-12,16-19H2,1-4H3/b14-9-/t20-,21-,22?,27+,28-/m0/s1. The van der Waals surface area contributed by atoms with Crippen LogP contribution in [0.15, 0.2) is 24.3 Å². The minimum Gasteiger partial charge on any atom is -0.465 e. The maximum atomic E-state index is 14.3. The molecule has 4 aliphatic heterocycles. The number of nitrogens with zero attached hydrogens (tertiary/aromatic N) is 2. The van der Waals surface area contributed by atoms with E-state index in [1.165, 1.54) is 0 Å². The third-order valence-electron chi connectivity index (χ3n) is 8.12. The fraction of sp³-hybridized carbons (Fsp3) is 0.750. The molecule has 5 atom stereocenters. The summed E-state index contributed by atoms with van der Waals surface area (Å²) in [6, 6.07) is -0.661. The van der Waals surface area contributed by atoms with Crippen LogP contribution in [0.4, 0.5) is 0 Å². The Balaban J connectivity index is 1.77. The van der Waals surface area contributed by atoms with E-state index in [0.717, 1.165) is 44.9 Å². The van der Waals surface area contributed by atoms with Crippen LogP contribution in [-0.4, -0.2) is 80.1 Å². The molecule has 7 nitrogen and oxygen atoms in total. The number of carbonyl (C=O) groups is 3. The van der Waals surface area contributed by atoms with Crippen molar-refractivity contribution in [1.82, 2.24) is 9.80 Å². The van der Waals surface area contributed by atoms with E-state index in [0.29, 0.717) is 19.7 Å². The van der Waals surface area contributed by atoms with Crippen molar-refractivity contribution in [2.75, 3.05) is 26.3 Å². The number of fused-ring (bicyclic) bond motifs is 2. The van der Waals surface area contributed by atoms with Crippen molar-refractivity contribution in [3.8, 4) is 0 Å². The zero-order chi connectivity index (χ0) is 26.1. The number of esters is 1. The van der Waals surface area contributed by atoms with Crippen LogP contribution in [0.2, 0.25) is 0 Å². The molecule has 4 rings (SSSR count). The summed E-state index contributed by atoms with van der Waals surface area (Å²) >= 11 is 1.61. The highest BCUT2D eigenvalue weighted by Gasteiger charge is 2.74. The molecular formula is C28H42N2O5S. The van der Waals surface area contributed by atoms with Gasteiger partial charge in [0.1, 0.15) is 6.04 Å². The van der Waals surface area contributed by atoms with Gasteiger partial charge in [0.05, 0.1) is 23.2 Å². The number of ether oxygens (including phenoxy) is 1. The molecule has 0 aliphatic carbocycles. The number of unbranched alkanes of at least 4 members (excludes halogenated alkanes) is 3. The second-order valence-electron chi connectivity index (χ2n) is 11.8. The molecule has 0 saturated carbocycles. The summed E-state index contributed by atoms with van der Waals surface area (Å²) in [4.78, 5) is 45.6. The maximum Gasteiger partial charge on any atom is 0.311 e. The number of hydrogen-bond donors (Lipinski definition) is 1. The van der Waals surface area contributed by atoms with Gasteiger partial charge in [-0.25, -0.2) is 0 Å². The molecule has 2 saturated heterocycles. The van der Waals surface area contributed by atoms with Crippen LogP contribution >= 0.6 is 11.8 Å². The normalized spacial score (nSPS) is 35.7. The van der Waals surface area contributed by atoms with E-state index >= 15 is 0 Å². The maximum absolute atomic E-state index is 14.3. The highest BCUT2D eigenvalue weighted by atomic mass is 32.2. The summed E-state index contributed by atoms with van der Waals surface area (Å²) in [6.45, 7) is 9.57. The number of rotatable bonds is 6. The van der Waals surface area contributed by atoms with E-state index in [4.69, 9.17) is 9.84 Å². The molecular weight excluding hydrogens is 476 g/mol. The van der Waals surface area contributed by atoms with Gasteiger partial charge >= 0.3 is 5.97 Å². The lowest BCUT2D eigenvalue weighted by atomic mass is 9.74. The molecule has 8 heteroatoms. The molecule has 0 aromatic heterocycles. The van der Waals surface area contributed by atoms with Crippen LogP contribution in [0.5, 0.6) is 0 Å². The second-order valence-corrected chi connectivity index (χ2v) is 13.5. The number of amides is 2. The van der Waals surface area contributed by atoms with Gasteiger partial charge in [-0.1, -0.05) is 37.1 Å². The number of aliphatic hydroxyl groups is 1. The summed E-state index contributed by atoms with van der Waals surface area (Å²) in [5.74, 6) is -1.78. The van der Waals surface area contributed by atoms with Crippen LogP contribution in [0.1, 0.15) is 72.6 Å². The third-order valence-corrected chi connectivity index (χ3v) is 9.91. The molecule has 0 aromatic carbocycles. The van der Waals surface area contributed by atoms with Crippen molar-refractivity contribution in [2.45, 2.75) is 93.7 Å². The molecule has 200 valence electrons. The molecule has 1 N–H and O–H groups in total. The fourth-order valence-corrected chi connectivity index (χ4v) is 8.54. The number of carbonyl (C=O) groups excluding carboxylic acids is 3. The van der Waals surface area contributed by atoms with E-state index < -0.39 is 32.9 Å². The molecule has 0 bridgehead atoms. The highest BCUT2D eigenvalue weighted by molar-refractivity contribution is 8.02. The summed E-state index contributed by atoms with van der Waals surface area (Å²) in [5.41, 5.74) is -0.398. The zero-order valence-corrected chi connectivity index (χ0v) is 23.0. The van der Waals surface area contributed by atoms with Gasteiger partial charge in [-0.2, -0.15) is 0 Å². The Kier molecular flexibility index (Phi) is 7.96. The van der Waals surface area contributed by atoms with Crippen molar-refractivity contribution in [3.05, 3.63) is 24.3 Å². The average Bonchev–Trinajstić information content (AvgIpc) is 3.12. The highest BCUT2D eigenvalue weighted by Crippen LogP contribution is 2.65. The first kappa shape index (κ1) is 27.2. The summed E-state index contributed by atoms with van der Waals surface area (Å²) in [7, 11) is 0. The van der Waals surface area contributed by atoms with E-state index in [1.54, 1.807) is 16.7 Å². The number of thioether (sulfide) groups is 1. The topological polar surface area (TPSA) is 87.2 Å². The first-order chi connectivity index (χ1) is 17.1. The fourth-order valence-electron chi connectivity index (χ4n) is 6.39. The average molecular weight is 519 g/mol. The van der Waals surface area contributed by atoms with Gasteiger partial charge in [0.15, 0.2) is 0 Å². The predicted octanol–water partition coefficient (Wildman–Crippen LogP) is 3.71. The quantitative estimate of drug-likeness (QED) is 0.328. The van der Waals surface area contributed by atoms with Gasteiger partial charge in [-0.15, -0.1) is 11.8 Å². The van der Waals surface area contributed by atoms with Gasteiger partial charge in [0.2, 0.25) is 11.8 Å². The third kappa shape index (κ3) is 4.75. The Labute approximate surface area is 219 Å². The van der Waals surface area contributed by atoms with Gasteiger partial charge < -0.3 is 19.6 Å². The Morgan fingerprint density at radius 3 is 2.50 bits per heavy atom. The Morgan fingerprint density at radius 2 is 1.78 bits per heavy atom. The molecule has 4 heterocycles. The van der Waals surface area contributed by atoms with Crippen LogP contribution in [0.3, 0.4) is 0 Å². The molecule has 2 amide bonds. The Morgan fingerprint density at radius 1 is 1.03 bits per heavy atom. The molecule has 1 unspecified atom stereocenters. The largest absolute Gasteiger partial charge is 0.465 e. The zero-order valence-electron chi connectivity index (χ0n) is 22.2. The number of allylic oxidation sites excluding steroid dienone is 1. The number of cyclic esters (lactones) is 1. The summed E-state index contributed by atoms with van der Waals surface area (Å²) in [5, 5.41) is 9.12. The van der Waals surface area contributed by atoms with Crippen LogP contribution in [0, 0.1) is 11.8 Å². The van der Waals surface area contributed by atoms with Crippen LogP contribution in [-0.2, 0) is 19.1 Å². The lowest BCUT2D eigenvalue weighted by Crippen LogP contribution is -2.57. The van der Waals surface area contributed by atoms with E-state index in [2.05, 4.69) is 18.2 Å². The molecule has 1 spiro atoms. The van der Waals surface area contributed by atoms with E-state index in [-0.39, 0.29) is 24.4 Å². The van der Waals surface area contributed by atoms with Gasteiger partial charge in [0.25, 0.3) is 0 Å². The molecule has 0 aromatic rings. The molecule has 36 heavy (non-hydrogen) atoms. The minimum atomic E-state index is -0.823. The monoisotopic (exact) mass is 518 g/mol. The lowest BCUT2D eigenvalue weighted by molar-refractivity contribution is -0.154. The number of likely N-dealkylation sites (tertiary alicyclic amines) is 1. The van der Waals surface area contributed by atoms with Crippen molar-refractivity contribution in [3.63, 3.8) is 0 Å². The summed E-state index contributed by atoms with van der Waals surface area (Å²) < 4.78 is 4.26. The minimum absolute atomic E-state index is 0.0455. The van der Waals surface area contributed by atoms with Crippen molar-refractivity contribution >= 4 is 29.5 Å². The predicted molar refractivity (Wildman–Crippen MR) is 141 cm³/mol. The van der Waals surface area contributed by atoms with Gasteiger partial charge in [0, 0.05) is 30.0 Å². The van der Waals surface area contributed by atoms with E-state index in [1.807, 2.05) is 38.7 Å². The van der Waals surface area contributed by atoms with Crippen LogP contribution < -0.4 is 0 Å². The van der Waals surface area contributed by atoms with Gasteiger partial charge in [-0.3, -0.25) is 14.4 Å². The number of hydrogen-bond acceptors (Lipinski definition) is 6. The summed E-state index contributed by atoms with van der Waals surface area (Å²) in [6.07, 6.45) is 14.2. The van der Waals surface area contributed by atoms with Crippen LogP contribution in [0.25, 0.3) is 0 Å². The molecule has 4 aliphatic rings. The van der Waals surface area contributed by atoms with Crippen molar-refractivity contribution in [2.24, 2.45) is 11.8 Å². The smallest absolute Gasteiger partial charge is 0.311 e. The second kappa shape index (κ2) is 10.5. The lowest BCUT2D eigenvalue weighted by Gasteiger charge is -2.41. The molecule has 0 radical (unpaired) electrons. The first-order valence-corrected chi connectivity index (χ1v) is 14.3. The van der Waals surface area contributed by atoms with E-state index in [9.17, 15) is 14.4 Å². The SMILES string of the molecule is CC(C)(C)N1CC=C[C@]23S[C@]4(C)/C=C\CCCCOC(=O)[C@@H]4[C@H]2C(=O)N(CCCCCCO)C3C1=O. The Bertz CT molecular complexity index is 927. The Hall–Kier alpha value is -1.80. The number of aliphatic hydroxyl groups excluding tert-OH is 1. The van der Waals surface area contributed by atoms with Crippen molar-refractivity contribution in [1.29, 1.82) is 0 Å². The molecule has 2 fully saturated rings.